The van der Waals surface area contributed by atoms with Gasteiger partial charge in [0.2, 0.25) is 5.43 Å². The minimum Gasteiger partial charge on any atom is -0.378 e. The molecule has 124 heavy (non-hydrogen) atoms. The van der Waals surface area contributed by atoms with Crippen LogP contribution >= 0.6 is 85.3 Å². The second-order valence-electron chi connectivity index (χ2n) is 29.5. The molecule has 18 rings (SSSR count). The van der Waals surface area contributed by atoms with Crippen LogP contribution in [-0.2, 0) is 14.6 Å². The summed E-state index contributed by atoms with van der Waals surface area (Å²) in [5.74, 6) is 0.447. The van der Waals surface area contributed by atoms with Crippen molar-refractivity contribution in [3.8, 4) is 88.3 Å². The lowest BCUT2D eigenvalue weighted by atomic mass is 10.1. The number of anilines is 1. The van der Waals surface area contributed by atoms with Crippen LogP contribution < -0.4 is 59.2 Å². The molecule has 18 aromatic rings. The molecule has 0 N–H and O–H groups in total. The molecule has 0 spiro atoms. The van der Waals surface area contributed by atoms with E-state index in [-0.39, 0.29) is 75.6 Å². The van der Waals surface area contributed by atoms with E-state index < -0.39 is 14.8 Å². The summed E-state index contributed by atoms with van der Waals surface area (Å²) in [5.41, 5.74) is 24.2. The number of thiophene rings is 1. The van der Waals surface area contributed by atoms with Gasteiger partial charge in [0.05, 0.1) is 42.7 Å². The van der Waals surface area contributed by atoms with Crippen LogP contribution in [0.15, 0.2) is 267 Å². The van der Waals surface area contributed by atoms with Crippen LogP contribution in [0.1, 0.15) is 115 Å². The number of benzene rings is 6. The highest BCUT2D eigenvalue weighted by molar-refractivity contribution is 9.10. The lowest BCUT2D eigenvalue weighted by molar-refractivity contribution is -0.384. The van der Waals surface area contributed by atoms with E-state index in [9.17, 15) is 66.5 Å². The Morgan fingerprint density at radius 2 is 0.823 bits per heavy atom. The second-order valence-corrected chi connectivity index (χ2v) is 35.6. The first-order chi connectivity index (χ1) is 58.5. The summed E-state index contributed by atoms with van der Waals surface area (Å²) in [5, 5.41) is 13.9. The van der Waals surface area contributed by atoms with Crippen LogP contribution in [0.4, 0.5) is 11.4 Å². The number of rotatable bonds is 17. The lowest BCUT2D eigenvalue weighted by Gasteiger charge is -2.11. The van der Waals surface area contributed by atoms with Crippen molar-refractivity contribution in [3.63, 3.8) is 0 Å². The standard InChI is InChI=1S/C13H14O2.C12H13NO.C11H10O3S.C10H7BrO.C10H7NO3.C9H6Cl4O.C9H5ClO.C9H7NO.C8H6OS.C7H10O/c1-3-15-9(2)11-12(13(11)14)10-7-5-4-6-8-10;1-8-11(12(8)14)9-4-6-10(7-5-9)13(2)3;1-7-10(11(7)12)8-3-5-9(6-4-8)15(2,13)14;1-6-9(10(6)12)7-3-2-4-8(11)5-7;1-6-9(10(6)12)7-2-4-8(5-3-7)11(13)14;1-3(10)7(12)5-6(9(5)14)8(13)4(2)11;10-8-7(9(8)11)6-4-2-1-3-5-6;1-6-8(9(6)11)7-2-4-10-5-3-7;1-5-7(8(5)9)6-3-2-4-10-6;1-4(2)6-5(3)7(6)8/h4-9H,3H2,1-2H3;4-7H,1-3H3;3-6H,1-2H3;2-5H,1H3;2-5H,1H3;1-2H3;1-5H;2-5H,1H3;2-4H,1H3;4H,1-3H3/b;;;;;7-3-,8-4-;;;;. The van der Waals surface area contributed by atoms with E-state index in [2.05, 4.69) is 20.9 Å². The Hall–Kier alpha value is -11.2. The van der Waals surface area contributed by atoms with E-state index in [4.69, 9.17) is 62.7 Å². The van der Waals surface area contributed by atoms with Crippen LogP contribution in [0.3, 0.4) is 0 Å². The average molecular weight is 1870 g/mol. The largest absolute Gasteiger partial charge is 0.378 e. The van der Waals surface area contributed by atoms with Crippen LogP contribution in [0.25, 0.3) is 98.4 Å². The quantitative estimate of drug-likeness (QED) is 0.0605. The van der Waals surface area contributed by atoms with Gasteiger partial charge in [-0.05, 0) is 193 Å². The van der Waals surface area contributed by atoms with Crippen LogP contribution in [0, 0.1) is 58.6 Å². The molecule has 0 aliphatic rings. The molecule has 1 atom stereocenters. The number of pyridine rings is 1. The molecular formula is C98H85BrCl5N3O15S2. The van der Waals surface area contributed by atoms with Gasteiger partial charge in [0.25, 0.3) is 5.69 Å². The van der Waals surface area contributed by atoms with Crippen LogP contribution in [-0.4, -0.2) is 45.3 Å². The highest BCUT2D eigenvalue weighted by Crippen LogP contribution is 2.39. The van der Waals surface area contributed by atoms with E-state index in [0.717, 1.165) is 144 Å². The van der Waals surface area contributed by atoms with Crippen molar-refractivity contribution in [1.82, 2.24) is 4.98 Å². The fraction of sp³-hybridized carbons (Fsp3) is 0.194. The predicted molar refractivity (Wildman–Crippen MR) is 513 cm³/mol. The molecule has 0 aliphatic heterocycles. The molecule has 2 heterocycles. The maximum absolute atomic E-state index is 11.6. The summed E-state index contributed by atoms with van der Waals surface area (Å²) in [6, 6.07) is 55.1. The molecule has 18 nitrogen and oxygen atoms in total. The minimum absolute atomic E-state index is 0.0159. The normalized spacial score (nSPS) is 11.8. The Balaban J connectivity index is 0.000000157. The van der Waals surface area contributed by atoms with Crippen molar-refractivity contribution in [1.29, 1.82) is 0 Å². The molecule has 1 unspecified atom stereocenters. The maximum Gasteiger partial charge on any atom is 0.269 e. The first-order valence-corrected chi connectivity index (χ1v) is 44.1. The van der Waals surface area contributed by atoms with Crippen LogP contribution in [0.5, 0.6) is 0 Å². The summed E-state index contributed by atoms with van der Waals surface area (Å²) in [7, 11) is 0.851. The third kappa shape index (κ3) is 24.6. The molecule has 26 heteroatoms. The lowest BCUT2D eigenvalue weighted by Crippen LogP contribution is -2.07. The number of ether oxygens (including phenoxy) is 1. The number of halogens is 6. The number of nitrogens with zero attached hydrogens (tertiary/aromatic N) is 3. The van der Waals surface area contributed by atoms with E-state index in [1.54, 1.807) is 75.7 Å². The molecular weight excluding hydrogens is 1780 g/mol. The molecule has 0 saturated carbocycles. The minimum atomic E-state index is -3.15. The van der Waals surface area contributed by atoms with Crippen molar-refractivity contribution in [2.24, 2.45) is 0 Å². The van der Waals surface area contributed by atoms with Gasteiger partial charge in [0.1, 0.15) is 5.02 Å². The van der Waals surface area contributed by atoms with Gasteiger partial charge in [-0.2, -0.15) is 0 Å². The molecule has 636 valence electrons. The molecule has 0 radical (unpaired) electrons. The summed E-state index contributed by atoms with van der Waals surface area (Å²) in [6.45, 7) is 24.6. The third-order valence-corrected chi connectivity index (χ3v) is 24.5. The molecule has 0 fully saturated rings. The zero-order chi connectivity index (χ0) is 91.5. The van der Waals surface area contributed by atoms with Crippen molar-refractivity contribution in [2.75, 3.05) is 31.9 Å². The number of allylic oxidation sites excluding steroid dienone is 2. The summed E-state index contributed by atoms with van der Waals surface area (Å²) in [6.07, 6.45) is 4.48. The number of hydrogen-bond acceptors (Lipinski definition) is 18. The molecule has 2 aromatic heterocycles. The first kappa shape index (κ1) is 96.6. The van der Waals surface area contributed by atoms with Gasteiger partial charge in [-0.25, -0.2) is 8.42 Å². The molecule has 0 amide bonds. The Morgan fingerprint density at radius 1 is 0.460 bits per heavy atom. The van der Waals surface area contributed by atoms with Gasteiger partial charge >= 0.3 is 0 Å². The Labute approximate surface area is 753 Å². The van der Waals surface area contributed by atoms with Gasteiger partial charge in [-0.3, -0.25) is 63.0 Å². The van der Waals surface area contributed by atoms with Gasteiger partial charge in [0, 0.05) is 166 Å². The number of nitro groups is 1. The number of nitro benzene ring substituents is 1. The Bertz CT molecular complexity index is 6900. The molecule has 0 aliphatic carbocycles. The van der Waals surface area contributed by atoms with Gasteiger partial charge < -0.3 is 9.64 Å². The van der Waals surface area contributed by atoms with Crippen molar-refractivity contribution >= 4 is 117 Å². The van der Waals surface area contributed by atoms with Gasteiger partial charge in [-0.15, -0.1) is 11.3 Å². The number of aromatic nitrogens is 1. The smallest absolute Gasteiger partial charge is 0.269 e. The van der Waals surface area contributed by atoms with E-state index in [0.29, 0.717) is 55.3 Å². The molecule has 0 saturated heterocycles. The monoisotopic (exact) mass is 1860 g/mol. The second kappa shape index (κ2) is 41.5. The predicted octanol–water partition coefficient (Wildman–Crippen LogP) is 21.5. The maximum atomic E-state index is 11.6. The summed E-state index contributed by atoms with van der Waals surface area (Å²) >= 11 is 33.4. The number of non-ortho nitro benzene ring substituents is 1. The van der Waals surface area contributed by atoms with E-state index in [1.165, 1.54) is 24.3 Å². The topological polar surface area (TPSA) is 273 Å². The first-order valence-electron chi connectivity index (χ1n) is 38.6. The highest BCUT2D eigenvalue weighted by Gasteiger charge is 2.31. The third-order valence-electron chi connectivity index (χ3n) is 20.1. The Kier molecular flexibility index (Phi) is 32.3. The molecule has 0 bridgehead atoms. The van der Waals surface area contributed by atoms with Gasteiger partial charge in [0.15, 0.2) is 58.7 Å². The van der Waals surface area contributed by atoms with E-state index >= 15 is 0 Å². The van der Waals surface area contributed by atoms with E-state index in [1.807, 2.05) is 220 Å². The van der Waals surface area contributed by atoms with Crippen LogP contribution in [0.2, 0.25) is 5.02 Å². The zero-order valence-corrected chi connectivity index (χ0v) is 77.5. The van der Waals surface area contributed by atoms with Crippen molar-refractivity contribution in [2.45, 2.75) is 107 Å². The van der Waals surface area contributed by atoms with Crippen molar-refractivity contribution in [3.05, 3.63) is 393 Å². The molecule has 16 aromatic carbocycles. The number of hydrogen-bond donors (Lipinski definition) is 0. The van der Waals surface area contributed by atoms with Gasteiger partial charge in [-0.1, -0.05) is 191 Å². The number of sulfone groups is 1. The highest BCUT2D eigenvalue weighted by atomic mass is 79.9. The SMILES string of the molecule is C/C(Cl)=C(/Cl)c1c(/C(Cl)=C(\C)Cl)c1=O.CCOC(C)c1c(-c2ccccc2)c1=O.Cc1c(-c2ccc(N(C)C)cc2)c1=O.Cc1c(-c2ccc(S(C)(=O)=O)cc2)c1=O.Cc1c(-c2ccc([N+](=O)[O-])cc2)c1=O.Cc1c(-c2cccc(Br)c2)c1=O.Cc1c(-c2cccs2)c1=O.Cc1c(-c2ccncc2)c1=O.Cc1c(C(C)C)c1=O.O=c1c(Cl)c1-c1ccccc1. The fourth-order valence-corrected chi connectivity index (χ4v) is 15.1. The van der Waals surface area contributed by atoms with Crippen molar-refractivity contribution < 1.29 is 18.1 Å². The zero-order valence-electron chi connectivity index (χ0n) is 70.5. The fourth-order valence-electron chi connectivity index (χ4n) is 12.4. The summed E-state index contributed by atoms with van der Waals surface area (Å²) in [4.78, 5) is 128. The summed E-state index contributed by atoms with van der Waals surface area (Å²) < 4.78 is 28.8. The average Bonchev–Trinajstić information content (AvgIpc) is 1.58. The Morgan fingerprint density at radius 3 is 1.14 bits per heavy atom.